The number of furan rings is 1. The van der Waals surface area contributed by atoms with Crippen LogP contribution in [0.3, 0.4) is 0 Å². The van der Waals surface area contributed by atoms with Crippen molar-refractivity contribution in [2.45, 2.75) is 50.7 Å². The molecule has 4 heterocycles. The summed E-state index contributed by atoms with van der Waals surface area (Å²) < 4.78 is 20.6. The molecule has 0 aliphatic carbocycles. The van der Waals surface area contributed by atoms with Crippen LogP contribution in [0.2, 0.25) is 0 Å². The van der Waals surface area contributed by atoms with Crippen molar-refractivity contribution in [3.63, 3.8) is 0 Å². The van der Waals surface area contributed by atoms with E-state index in [0.717, 1.165) is 61.3 Å². The molecule has 5 heteroatoms. The predicted octanol–water partition coefficient (Wildman–Crippen LogP) is 5.10. The molecule has 2 aliphatic rings. The average molecular weight is 352 g/mol. The van der Waals surface area contributed by atoms with Crippen LogP contribution in [0, 0.1) is 0 Å². The van der Waals surface area contributed by atoms with Crippen LogP contribution in [0.5, 0.6) is 0 Å². The molecule has 136 valence electrons. The highest BCUT2D eigenvalue weighted by Gasteiger charge is 2.31. The highest BCUT2D eigenvalue weighted by Crippen LogP contribution is 2.43. The summed E-state index contributed by atoms with van der Waals surface area (Å²) in [5, 5.41) is 1.15. The minimum absolute atomic E-state index is 0.0494. The number of imidazole rings is 1. The van der Waals surface area contributed by atoms with E-state index >= 15 is 0 Å². The smallest absolute Gasteiger partial charge is 0.139 e. The molecule has 0 bridgehead atoms. The fourth-order valence-corrected chi connectivity index (χ4v) is 4.18. The molecule has 2 aliphatic heterocycles. The number of hydrogen-bond donors (Lipinski definition) is 0. The third-order valence-corrected chi connectivity index (χ3v) is 5.52. The fraction of sp³-hybridized carbons (Fsp3) is 0.476. The molecule has 5 rings (SSSR count). The molecular formula is C21H24N2O3. The van der Waals surface area contributed by atoms with Gasteiger partial charge in [0, 0.05) is 42.2 Å². The molecule has 3 aromatic rings. The quantitative estimate of drug-likeness (QED) is 0.658. The lowest BCUT2D eigenvalue weighted by molar-refractivity contribution is -0.00944. The highest BCUT2D eigenvalue weighted by molar-refractivity contribution is 5.85. The molecule has 2 saturated heterocycles. The maximum absolute atomic E-state index is 6.33. The third kappa shape index (κ3) is 2.85. The Bertz CT molecular complexity index is 872. The Balaban J connectivity index is 1.64. The lowest BCUT2D eigenvalue weighted by atomic mass is 9.94. The Morgan fingerprint density at radius 1 is 0.962 bits per heavy atom. The minimum atomic E-state index is 0.0494. The molecule has 2 aromatic heterocycles. The minimum Gasteiger partial charge on any atom is -0.458 e. The summed E-state index contributed by atoms with van der Waals surface area (Å²) in [6, 6.07) is 6.33. The summed E-state index contributed by atoms with van der Waals surface area (Å²) in [5.74, 6) is 0.981. The Kier molecular flexibility index (Phi) is 4.27. The van der Waals surface area contributed by atoms with E-state index in [1.807, 2.05) is 17.1 Å². The average Bonchev–Trinajstić information content (AvgIpc) is 3.37. The summed E-state index contributed by atoms with van der Waals surface area (Å²) in [6.45, 7) is 1.64. The molecule has 26 heavy (non-hydrogen) atoms. The van der Waals surface area contributed by atoms with Gasteiger partial charge in [0.15, 0.2) is 0 Å². The molecular weight excluding hydrogens is 328 g/mol. The van der Waals surface area contributed by atoms with E-state index in [4.69, 9.17) is 13.9 Å². The van der Waals surface area contributed by atoms with E-state index in [9.17, 15) is 0 Å². The fourth-order valence-electron chi connectivity index (χ4n) is 4.18. The van der Waals surface area contributed by atoms with E-state index in [0.29, 0.717) is 0 Å². The molecule has 2 fully saturated rings. The number of hydrogen-bond acceptors (Lipinski definition) is 4. The first kappa shape index (κ1) is 16.1. The number of rotatable bonds is 3. The molecule has 0 N–H and O–H groups in total. The van der Waals surface area contributed by atoms with Crippen molar-refractivity contribution in [1.29, 1.82) is 0 Å². The van der Waals surface area contributed by atoms with Crippen molar-refractivity contribution in [3.05, 3.63) is 48.2 Å². The van der Waals surface area contributed by atoms with Crippen LogP contribution in [0.15, 0.2) is 41.3 Å². The van der Waals surface area contributed by atoms with Crippen LogP contribution in [0.1, 0.15) is 62.1 Å². The van der Waals surface area contributed by atoms with Gasteiger partial charge < -0.3 is 18.5 Å². The SMILES string of the molecule is c1cn(-c2ccc3oc(C4CCCCO4)c(C4CCCCO4)c3c2)cn1. The number of fused-ring (bicyclic) bond motifs is 1. The van der Waals surface area contributed by atoms with Gasteiger partial charge in [-0.15, -0.1) is 0 Å². The first-order chi connectivity index (χ1) is 12.9. The van der Waals surface area contributed by atoms with Gasteiger partial charge in [-0.1, -0.05) is 0 Å². The highest BCUT2D eigenvalue weighted by atomic mass is 16.5. The van der Waals surface area contributed by atoms with Gasteiger partial charge in [0.2, 0.25) is 0 Å². The van der Waals surface area contributed by atoms with Crippen molar-refractivity contribution in [1.82, 2.24) is 9.55 Å². The van der Waals surface area contributed by atoms with Crippen LogP contribution in [0.4, 0.5) is 0 Å². The Morgan fingerprint density at radius 2 is 1.77 bits per heavy atom. The van der Waals surface area contributed by atoms with Crippen LogP contribution < -0.4 is 0 Å². The molecule has 0 amide bonds. The normalized spacial score (nSPS) is 24.2. The zero-order valence-electron chi connectivity index (χ0n) is 14.9. The molecule has 1 aromatic carbocycles. The van der Waals surface area contributed by atoms with Gasteiger partial charge in [-0.25, -0.2) is 4.98 Å². The maximum atomic E-state index is 6.33. The number of aromatic nitrogens is 2. The van der Waals surface area contributed by atoms with Gasteiger partial charge in [-0.2, -0.15) is 0 Å². The lowest BCUT2D eigenvalue weighted by Crippen LogP contribution is -2.16. The predicted molar refractivity (Wildman–Crippen MR) is 98.4 cm³/mol. The van der Waals surface area contributed by atoms with E-state index in [2.05, 4.69) is 23.2 Å². The van der Waals surface area contributed by atoms with Crippen LogP contribution in [-0.2, 0) is 9.47 Å². The van der Waals surface area contributed by atoms with E-state index in [1.54, 1.807) is 6.20 Å². The second kappa shape index (κ2) is 6.89. The molecule has 0 radical (unpaired) electrons. The van der Waals surface area contributed by atoms with Crippen molar-refractivity contribution < 1.29 is 13.9 Å². The van der Waals surface area contributed by atoms with Crippen LogP contribution in [0.25, 0.3) is 16.7 Å². The molecule has 0 spiro atoms. The van der Waals surface area contributed by atoms with Crippen molar-refractivity contribution in [2.75, 3.05) is 13.2 Å². The van der Waals surface area contributed by atoms with Gasteiger partial charge in [0.05, 0.1) is 12.4 Å². The molecule has 2 unspecified atom stereocenters. The van der Waals surface area contributed by atoms with Gasteiger partial charge in [-0.3, -0.25) is 0 Å². The van der Waals surface area contributed by atoms with E-state index < -0.39 is 0 Å². The zero-order valence-corrected chi connectivity index (χ0v) is 14.9. The van der Waals surface area contributed by atoms with Gasteiger partial charge in [-0.05, 0) is 56.7 Å². The molecule has 2 atom stereocenters. The zero-order chi connectivity index (χ0) is 17.3. The third-order valence-electron chi connectivity index (χ3n) is 5.52. The van der Waals surface area contributed by atoms with Gasteiger partial charge in [0.25, 0.3) is 0 Å². The lowest BCUT2D eigenvalue weighted by Gasteiger charge is -2.26. The van der Waals surface area contributed by atoms with Crippen LogP contribution >= 0.6 is 0 Å². The molecule has 0 saturated carbocycles. The first-order valence-corrected chi connectivity index (χ1v) is 9.68. The Hall–Kier alpha value is -2.11. The number of nitrogens with zero attached hydrogens (tertiary/aromatic N) is 2. The maximum Gasteiger partial charge on any atom is 0.139 e. The summed E-state index contributed by atoms with van der Waals surface area (Å²) in [7, 11) is 0. The second-order valence-electron chi connectivity index (χ2n) is 7.24. The van der Waals surface area contributed by atoms with Crippen molar-refractivity contribution in [3.8, 4) is 5.69 Å². The van der Waals surface area contributed by atoms with Crippen LogP contribution in [-0.4, -0.2) is 22.8 Å². The first-order valence-electron chi connectivity index (χ1n) is 9.68. The molecule has 5 nitrogen and oxygen atoms in total. The largest absolute Gasteiger partial charge is 0.458 e. The summed E-state index contributed by atoms with van der Waals surface area (Å²) >= 11 is 0. The van der Waals surface area contributed by atoms with Crippen molar-refractivity contribution in [2.24, 2.45) is 0 Å². The monoisotopic (exact) mass is 352 g/mol. The van der Waals surface area contributed by atoms with E-state index in [1.165, 1.54) is 18.4 Å². The number of benzene rings is 1. The summed E-state index contributed by atoms with van der Waals surface area (Å²) in [5.41, 5.74) is 3.21. The Morgan fingerprint density at radius 3 is 2.46 bits per heavy atom. The van der Waals surface area contributed by atoms with Gasteiger partial charge >= 0.3 is 0 Å². The topological polar surface area (TPSA) is 49.4 Å². The standard InChI is InChI=1S/C21H24N2O3/c1-3-11-24-18(5-1)20-16-13-15(23-10-9-22-14-23)7-8-17(16)26-21(20)19-6-2-4-12-25-19/h7-10,13-14,18-19H,1-6,11-12H2. The van der Waals surface area contributed by atoms with Gasteiger partial charge in [0.1, 0.15) is 17.4 Å². The summed E-state index contributed by atoms with van der Waals surface area (Å²) in [4.78, 5) is 4.16. The number of ether oxygens (including phenoxy) is 2. The second-order valence-corrected chi connectivity index (χ2v) is 7.24. The van der Waals surface area contributed by atoms with Crippen molar-refractivity contribution >= 4 is 11.0 Å². The summed E-state index contributed by atoms with van der Waals surface area (Å²) in [6.07, 6.45) is 12.5. The Labute approximate surface area is 152 Å². The van der Waals surface area contributed by atoms with E-state index in [-0.39, 0.29) is 12.2 Å².